The highest BCUT2D eigenvalue weighted by Crippen LogP contribution is 2.30. The number of anilines is 1. The van der Waals surface area contributed by atoms with Crippen LogP contribution >= 0.6 is 11.6 Å². The van der Waals surface area contributed by atoms with Gasteiger partial charge in [-0.1, -0.05) is 16.8 Å². The van der Waals surface area contributed by atoms with E-state index in [0.717, 1.165) is 5.69 Å². The van der Waals surface area contributed by atoms with Crippen LogP contribution in [0.2, 0.25) is 5.02 Å². The molecule has 0 bridgehead atoms. The summed E-state index contributed by atoms with van der Waals surface area (Å²) in [5.74, 6) is 0.380. The van der Waals surface area contributed by atoms with E-state index in [1.807, 2.05) is 6.92 Å². The van der Waals surface area contributed by atoms with Crippen LogP contribution in [0.3, 0.4) is 0 Å². The Kier molecular flexibility index (Phi) is 6.28. The molecular formula is C22H19ClN6O5. The van der Waals surface area contributed by atoms with Crippen molar-refractivity contribution in [1.82, 2.24) is 19.9 Å². The lowest BCUT2D eigenvalue weighted by Gasteiger charge is -2.09. The number of pyridine rings is 1. The van der Waals surface area contributed by atoms with Gasteiger partial charge in [0, 0.05) is 23.9 Å². The number of ether oxygens (including phenoxy) is 1. The first-order chi connectivity index (χ1) is 16.2. The van der Waals surface area contributed by atoms with Gasteiger partial charge < -0.3 is 14.6 Å². The van der Waals surface area contributed by atoms with E-state index >= 15 is 0 Å². The van der Waals surface area contributed by atoms with Gasteiger partial charge >= 0.3 is 0 Å². The van der Waals surface area contributed by atoms with Crippen molar-refractivity contribution in [3.05, 3.63) is 86.3 Å². The number of benzene rings is 1. The monoisotopic (exact) mass is 482 g/mol. The standard InChI is InChI=1S/C22H19ClN6O5/c1-12-20(23)13(2)28(26-12)11-19-14(3)34-27-21(19)22(30)25-15-7-16(29(31)32)9-18(8-15)33-17-5-4-6-24-10-17/h4-10H,11H2,1-3H3,(H,25,30). The normalized spacial score (nSPS) is 10.8. The fraction of sp³-hybridized carbons (Fsp3) is 0.182. The van der Waals surface area contributed by atoms with Gasteiger partial charge in [0.2, 0.25) is 0 Å². The summed E-state index contributed by atoms with van der Waals surface area (Å²) in [6.07, 6.45) is 3.04. The number of nitrogens with one attached hydrogen (secondary N) is 1. The van der Waals surface area contributed by atoms with Gasteiger partial charge in [0.15, 0.2) is 5.69 Å². The Morgan fingerprint density at radius 1 is 1.26 bits per heavy atom. The minimum absolute atomic E-state index is 0.0300. The predicted molar refractivity (Wildman–Crippen MR) is 122 cm³/mol. The number of aromatic nitrogens is 4. The molecule has 4 aromatic rings. The second kappa shape index (κ2) is 9.32. The third-order valence-electron chi connectivity index (χ3n) is 5.03. The van der Waals surface area contributed by atoms with Crippen molar-refractivity contribution in [3.8, 4) is 11.5 Å². The molecule has 0 aliphatic heterocycles. The Balaban J connectivity index is 1.61. The van der Waals surface area contributed by atoms with E-state index < -0.39 is 10.8 Å². The second-order valence-electron chi connectivity index (χ2n) is 7.43. The number of nitrogens with zero attached hydrogens (tertiary/aromatic N) is 5. The maximum Gasteiger partial charge on any atom is 0.278 e. The van der Waals surface area contributed by atoms with Crippen LogP contribution in [-0.2, 0) is 6.54 Å². The lowest BCUT2D eigenvalue weighted by atomic mass is 10.1. The van der Waals surface area contributed by atoms with Gasteiger partial charge in [-0.05, 0) is 32.9 Å². The molecule has 174 valence electrons. The average Bonchev–Trinajstić information content (AvgIpc) is 3.28. The van der Waals surface area contributed by atoms with Gasteiger partial charge in [-0.2, -0.15) is 5.10 Å². The average molecular weight is 483 g/mol. The summed E-state index contributed by atoms with van der Waals surface area (Å²) in [5, 5.41) is 22.8. The summed E-state index contributed by atoms with van der Waals surface area (Å²) in [7, 11) is 0. The number of hydrogen-bond acceptors (Lipinski definition) is 8. The van der Waals surface area contributed by atoms with E-state index in [1.165, 1.54) is 24.4 Å². The molecule has 0 fully saturated rings. The van der Waals surface area contributed by atoms with E-state index in [1.54, 1.807) is 36.9 Å². The van der Waals surface area contributed by atoms with Gasteiger partial charge in [-0.25, -0.2) is 0 Å². The maximum absolute atomic E-state index is 13.0. The van der Waals surface area contributed by atoms with E-state index in [0.29, 0.717) is 27.8 Å². The number of halogens is 1. The van der Waals surface area contributed by atoms with Crippen molar-refractivity contribution in [2.45, 2.75) is 27.3 Å². The Labute approximate surface area is 198 Å². The zero-order valence-electron chi connectivity index (χ0n) is 18.4. The molecule has 3 heterocycles. The molecule has 0 radical (unpaired) electrons. The highest BCUT2D eigenvalue weighted by molar-refractivity contribution is 6.31. The molecule has 0 saturated carbocycles. The van der Waals surface area contributed by atoms with Gasteiger partial charge in [0.1, 0.15) is 17.3 Å². The van der Waals surface area contributed by atoms with E-state index in [9.17, 15) is 14.9 Å². The number of nitro benzene ring substituents is 1. The minimum Gasteiger partial charge on any atom is -0.455 e. The van der Waals surface area contributed by atoms with Crippen LogP contribution in [0.15, 0.2) is 47.2 Å². The molecule has 0 aliphatic carbocycles. The fourth-order valence-corrected chi connectivity index (χ4v) is 3.42. The largest absolute Gasteiger partial charge is 0.455 e. The number of carbonyl (C=O) groups excluding carboxylic acids is 1. The number of amides is 1. The molecule has 0 saturated heterocycles. The molecule has 0 atom stereocenters. The van der Waals surface area contributed by atoms with Gasteiger partial charge in [-0.15, -0.1) is 0 Å². The molecule has 0 aliphatic rings. The lowest BCUT2D eigenvalue weighted by molar-refractivity contribution is -0.384. The molecule has 0 spiro atoms. The van der Waals surface area contributed by atoms with Crippen molar-refractivity contribution in [3.63, 3.8) is 0 Å². The van der Waals surface area contributed by atoms with E-state index in [2.05, 4.69) is 20.6 Å². The highest BCUT2D eigenvalue weighted by atomic mass is 35.5. The van der Waals surface area contributed by atoms with Crippen LogP contribution in [0.1, 0.15) is 33.2 Å². The van der Waals surface area contributed by atoms with Gasteiger partial charge in [0.25, 0.3) is 11.6 Å². The van der Waals surface area contributed by atoms with E-state index in [-0.39, 0.29) is 29.4 Å². The number of hydrogen-bond donors (Lipinski definition) is 1. The summed E-state index contributed by atoms with van der Waals surface area (Å²) in [6.45, 7) is 5.49. The fourth-order valence-electron chi connectivity index (χ4n) is 3.29. The van der Waals surface area contributed by atoms with Crippen LogP contribution in [0, 0.1) is 30.9 Å². The quantitative estimate of drug-likeness (QED) is 0.291. The Bertz CT molecular complexity index is 1380. The molecular weight excluding hydrogens is 464 g/mol. The topological polar surface area (TPSA) is 138 Å². The summed E-state index contributed by atoms with van der Waals surface area (Å²) in [4.78, 5) is 27.8. The zero-order chi connectivity index (χ0) is 24.4. The van der Waals surface area contributed by atoms with Crippen molar-refractivity contribution in [2.75, 3.05) is 5.32 Å². The molecule has 12 heteroatoms. The number of carbonyl (C=O) groups is 1. The molecule has 0 unspecified atom stereocenters. The first-order valence-corrected chi connectivity index (χ1v) is 10.4. The molecule has 34 heavy (non-hydrogen) atoms. The molecule has 11 nitrogen and oxygen atoms in total. The smallest absolute Gasteiger partial charge is 0.278 e. The SMILES string of the molecule is Cc1nn(Cc2c(C(=O)Nc3cc(Oc4cccnc4)cc([N+](=O)[O-])c3)noc2C)c(C)c1Cl. The van der Waals surface area contributed by atoms with Crippen LogP contribution in [0.25, 0.3) is 0 Å². The highest BCUT2D eigenvalue weighted by Gasteiger charge is 2.23. The second-order valence-corrected chi connectivity index (χ2v) is 7.80. The minimum atomic E-state index is -0.604. The summed E-state index contributed by atoms with van der Waals surface area (Å²) >= 11 is 6.23. The number of aryl methyl sites for hydroxylation is 2. The zero-order valence-corrected chi connectivity index (χ0v) is 19.2. The summed E-state index contributed by atoms with van der Waals surface area (Å²) < 4.78 is 12.6. The third kappa shape index (κ3) is 4.74. The summed E-state index contributed by atoms with van der Waals surface area (Å²) in [5.41, 5.74) is 1.84. The van der Waals surface area contributed by atoms with Crippen molar-refractivity contribution in [2.24, 2.45) is 0 Å². The number of nitro groups is 1. The van der Waals surface area contributed by atoms with Crippen LogP contribution < -0.4 is 10.1 Å². The summed E-state index contributed by atoms with van der Waals surface area (Å²) in [6, 6.07) is 7.26. The predicted octanol–water partition coefficient (Wildman–Crippen LogP) is 4.85. The molecule has 3 aromatic heterocycles. The first kappa shape index (κ1) is 22.9. The van der Waals surface area contributed by atoms with Crippen molar-refractivity contribution >= 4 is 28.9 Å². The van der Waals surface area contributed by atoms with Gasteiger partial charge in [-0.3, -0.25) is 24.6 Å². The van der Waals surface area contributed by atoms with Crippen LogP contribution in [0.5, 0.6) is 11.5 Å². The van der Waals surface area contributed by atoms with E-state index in [4.69, 9.17) is 20.9 Å². The first-order valence-electron chi connectivity index (χ1n) is 10.1. The lowest BCUT2D eigenvalue weighted by Crippen LogP contribution is -2.16. The van der Waals surface area contributed by atoms with Gasteiger partial charge in [0.05, 0.1) is 45.8 Å². The third-order valence-corrected chi connectivity index (χ3v) is 5.58. The van der Waals surface area contributed by atoms with Crippen LogP contribution in [0.4, 0.5) is 11.4 Å². The number of rotatable bonds is 7. The maximum atomic E-state index is 13.0. The Morgan fingerprint density at radius 3 is 2.71 bits per heavy atom. The Morgan fingerprint density at radius 2 is 2.06 bits per heavy atom. The van der Waals surface area contributed by atoms with Crippen molar-refractivity contribution in [1.29, 1.82) is 0 Å². The molecule has 1 amide bonds. The number of non-ortho nitro benzene ring substituents is 1. The van der Waals surface area contributed by atoms with Crippen molar-refractivity contribution < 1.29 is 19.0 Å². The molecule has 4 rings (SSSR count). The Hall–Kier alpha value is -4.25. The molecule has 1 N–H and O–H groups in total. The van der Waals surface area contributed by atoms with Crippen LogP contribution in [-0.4, -0.2) is 30.8 Å². The molecule has 1 aromatic carbocycles.